The number of hydrogen-bond acceptors (Lipinski definition) is 3. The van der Waals surface area contributed by atoms with Gasteiger partial charge in [-0.15, -0.1) is 11.3 Å². The predicted octanol–water partition coefficient (Wildman–Crippen LogP) is 3.51. The van der Waals surface area contributed by atoms with E-state index in [2.05, 4.69) is 4.98 Å². The van der Waals surface area contributed by atoms with E-state index >= 15 is 0 Å². The third-order valence-electron chi connectivity index (χ3n) is 2.43. The van der Waals surface area contributed by atoms with E-state index in [0.717, 1.165) is 20.8 Å². The summed E-state index contributed by atoms with van der Waals surface area (Å²) in [5.41, 5.74) is 1.77. The van der Waals surface area contributed by atoms with Crippen molar-refractivity contribution in [2.24, 2.45) is 0 Å². The van der Waals surface area contributed by atoms with Gasteiger partial charge in [0.2, 0.25) is 0 Å². The molecule has 0 unspecified atom stereocenters. The van der Waals surface area contributed by atoms with E-state index in [9.17, 15) is 5.11 Å². The SMILES string of the molecule is Oc1ccccc1-c1nc2ccccc2s1.[Be+2].[H-].[H-]. The van der Waals surface area contributed by atoms with E-state index in [1.807, 2.05) is 42.5 Å². The Morgan fingerprint density at radius 2 is 1.71 bits per heavy atom. The van der Waals surface area contributed by atoms with Crippen molar-refractivity contribution in [3.8, 4) is 16.3 Å². The number of benzene rings is 2. The summed E-state index contributed by atoms with van der Waals surface area (Å²) in [5, 5.41) is 10.6. The van der Waals surface area contributed by atoms with Crippen LogP contribution in [0.5, 0.6) is 5.75 Å². The number of fused-ring (bicyclic) bond motifs is 1. The van der Waals surface area contributed by atoms with E-state index in [1.54, 1.807) is 17.4 Å². The normalized spacial score (nSPS) is 10.1. The van der Waals surface area contributed by atoms with Crippen molar-refractivity contribution in [2.75, 3.05) is 0 Å². The molecule has 3 aromatic rings. The smallest absolute Gasteiger partial charge is 1.00 e. The number of rotatable bonds is 1. The maximum atomic E-state index is 9.76. The van der Waals surface area contributed by atoms with Gasteiger partial charge in [0, 0.05) is 0 Å². The van der Waals surface area contributed by atoms with Crippen LogP contribution in [0.4, 0.5) is 0 Å². The van der Waals surface area contributed by atoms with Crippen molar-refractivity contribution in [3.63, 3.8) is 0 Å². The number of hydrogen-bond donors (Lipinski definition) is 1. The quantitative estimate of drug-likeness (QED) is 0.658. The topological polar surface area (TPSA) is 33.1 Å². The summed E-state index contributed by atoms with van der Waals surface area (Å²) in [7, 11) is 0. The van der Waals surface area contributed by atoms with Gasteiger partial charge in [0.1, 0.15) is 10.8 Å². The maximum absolute atomic E-state index is 9.76. The second-order valence-corrected chi connectivity index (χ2v) is 4.53. The van der Waals surface area contributed by atoms with E-state index in [0.29, 0.717) is 0 Å². The Morgan fingerprint density at radius 3 is 2.47 bits per heavy atom. The van der Waals surface area contributed by atoms with Gasteiger partial charge < -0.3 is 7.96 Å². The minimum atomic E-state index is 0. The molecule has 0 atom stereocenters. The fourth-order valence-electron chi connectivity index (χ4n) is 1.64. The monoisotopic (exact) mass is 238 g/mol. The number of nitrogens with zero attached hydrogens (tertiary/aromatic N) is 1. The molecule has 1 aromatic heterocycles. The van der Waals surface area contributed by atoms with Crippen LogP contribution in [0.1, 0.15) is 2.85 Å². The molecule has 0 amide bonds. The predicted molar refractivity (Wildman–Crippen MR) is 74.7 cm³/mol. The average Bonchev–Trinajstić information content (AvgIpc) is 2.73. The number of para-hydroxylation sites is 2. The second kappa shape index (κ2) is 4.66. The molecule has 0 saturated heterocycles. The van der Waals surface area contributed by atoms with Gasteiger partial charge in [-0.05, 0) is 24.3 Å². The molecule has 0 aliphatic carbocycles. The molecule has 0 aliphatic rings. The van der Waals surface area contributed by atoms with Gasteiger partial charge in [0.05, 0.1) is 15.8 Å². The molecule has 4 heteroatoms. The van der Waals surface area contributed by atoms with Crippen molar-refractivity contribution in [1.82, 2.24) is 4.98 Å². The summed E-state index contributed by atoms with van der Waals surface area (Å²) >= 11 is 1.59. The first-order valence-corrected chi connectivity index (χ1v) is 5.80. The molecule has 0 fully saturated rings. The summed E-state index contributed by atoms with van der Waals surface area (Å²) in [4.78, 5) is 4.50. The molecule has 0 radical (unpaired) electrons. The first-order chi connectivity index (χ1) is 7.84. The number of phenolic OH excluding ortho intramolecular Hbond substituents is 1. The minimum absolute atomic E-state index is 0. The zero-order valence-electron chi connectivity index (χ0n) is 11.1. The molecule has 3 rings (SSSR count). The summed E-state index contributed by atoms with van der Waals surface area (Å²) in [5.74, 6) is 0.279. The molecule has 17 heavy (non-hydrogen) atoms. The zero-order chi connectivity index (χ0) is 11.0. The second-order valence-electron chi connectivity index (χ2n) is 3.50. The Labute approximate surface area is 110 Å². The van der Waals surface area contributed by atoms with Crippen LogP contribution in [-0.2, 0) is 0 Å². The number of aromatic nitrogens is 1. The largest absolute Gasteiger partial charge is 2.00 e. The van der Waals surface area contributed by atoms with Crippen LogP contribution in [0.15, 0.2) is 48.5 Å². The number of thiazole rings is 1. The molecule has 0 saturated carbocycles. The van der Waals surface area contributed by atoms with E-state index in [4.69, 9.17) is 0 Å². The molecule has 2 nitrogen and oxygen atoms in total. The van der Waals surface area contributed by atoms with Gasteiger partial charge in [-0.25, -0.2) is 4.98 Å². The van der Waals surface area contributed by atoms with Crippen LogP contribution in [0.25, 0.3) is 20.8 Å². The Bertz CT molecular complexity index is 627. The molecule has 0 spiro atoms. The van der Waals surface area contributed by atoms with Gasteiger partial charge in [0.15, 0.2) is 0 Å². The van der Waals surface area contributed by atoms with Gasteiger partial charge in [-0.3, -0.25) is 0 Å². The summed E-state index contributed by atoms with van der Waals surface area (Å²) in [6, 6.07) is 15.3. The zero-order valence-corrected chi connectivity index (χ0v) is 9.95. The Hall–Kier alpha value is -1.70. The fraction of sp³-hybridized carbons (Fsp3) is 0. The van der Waals surface area contributed by atoms with E-state index in [1.165, 1.54) is 0 Å². The standard InChI is InChI=1S/C13H9NOS.Be.2H/c15-11-7-3-1-5-9(11)13-14-10-6-2-4-8-12(10)16-13;;;/h1-8,15H;;;/q;+2;2*-1. The van der Waals surface area contributed by atoms with Crippen molar-refractivity contribution in [2.45, 2.75) is 0 Å². The van der Waals surface area contributed by atoms with Gasteiger partial charge in [-0.1, -0.05) is 24.3 Å². The van der Waals surface area contributed by atoms with Crippen LogP contribution >= 0.6 is 11.3 Å². The van der Waals surface area contributed by atoms with Crippen LogP contribution in [0.2, 0.25) is 0 Å². The maximum Gasteiger partial charge on any atom is 2.00 e. The van der Waals surface area contributed by atoms with Crippen molar-refractivity contribution in [3.05, 3.63) is 48.5 Å². The Morgan fingerprint density at radius 1 is 1.00 bits per heavy atom. The van der Waals surface area contributed by atoms with Crippen LogP contribution < -0.4 is 0 Å². The van der Waals surface area contributed by atoms with Crippen molar-refractivity contribution < 1.29 is 7.96 Å². The third kappa shape index (κ3) is 2.07. The van der Waals surface area contributed by atoms with E-state index < -0.39 is 0 Å². The first kappa shape index (κ1) is 11.8. The molecular weight excluding hydrogens is 227 g/mol. The number of aromatic hydroxyl groups is 1. The average molecular weight is 238 g/mol. The molecule has 0 aliphatic heterocycles. The molecule has 0 bridgehead atoms. The Balaban J connectivity index is 0.00000108. The van der Waals surface area contributed by atoms with Gasteiger partial charge in [-0.2, -0.15) is 0 Å². The Kier molecular flexibility index (Phi) is 3.23. The molecule has 82 valence electrons. The van der Waals surface area contributed by atoms with Crippen LogP contribution in [0.3, 0.4) is 0 Å². The molecule has 1 heterocycles. The molecule has 2 aromatic carbocycles. The van der Waals surface area contributed by atoms with Crippen molar-refractivity contribution in [1.29, 1.82) is 0 Å². The summed E-state index contributed by atoms with van der Waals surface area (Å²) < 4.78 is 1.14. The van der Waals surface area contributed by atoms with E-state index in [-0.39, 0.29) is 18.7 Å². The minimum Gasteiger partial charge on any atom is -1.00 e. The molecular formula is C13H11BeNOS. The first-order valence-electron chi connectivity index (χ1n) is 4.98. The fourth-order valence-corrected chi connectivity index (χ4v) is 2.64. The number of phenols is 1. The summed E-state index contributed by atoms with van der Waals surface area (Å²) in [6.45, 7) is 0. The third-order valence-corrected chi connectivity index (χ3v) is 3.50. The summed E-state index contributed by atoms with van der Waals surface area (Å²) in [6.07, 6.45) is 0. The van der Waals surface area contributed by atoms with Gasteiger partial charge >= 0.3 is 10.1 Å². The molecule has 1 N–H and O–H groups in total. The van der Waals surface area contributed by atoms with Gasteiger partial charge in [0.25, 0.3) is 0 Å². The van der Waals surface area contributed by atoms with Crippen LogP contribution in [0, 0.1) is 0 Å². The van der Waals surface area contributed by atoms with Crippen LogP contribution in [-0.4, -0.2) is 20.2 Å². The van der Waals surface area contributed by atoms with Crippen molar-refractivity contribution >= 4 is 31.7 Å².